The lowest BCUT2D eigenvalue weighted by Gasteiger charge is -2.36. The van der Waals surface area contributed by atoms with Gasteiger partial charge in [0.15, 0.2) is 6.35 Å². The number of halogens is 1. The fourth-order valence-electron chi connectivity index (χ4n) is 3.95. The number of hydrogen-bond donors (Lipinski definition) is 3. The summed E-state index contributed by atoms with van der Waals surface area (Å²) in [6.07, 6.45) is 0.924. The molecule has 30 heavy (non-hydrogen) atoms. The second-order valence-corrected chi connectivity index (χ2v) is 8.74. The number of aliphatic hydroxyl groups excluding tert-OH is 1. The zero-order valence-electron chi connectivity index (χ0n) is 17.7. The number of carbonyl (C=O) groups is 1. The van der Waals surface area contributed by atoms with E-state index in [1.807, 2.05) is 61.2 Å². The molecule has 162 valence electrons. The Kier molecular flexibility index (Phi) is 8.28. The van der Waals surface area contributed by atoms with Gasteiger partial charge in [-0.25, -0.2) is 0 Å². The molecule has 0 radical (unpaired) electrons. The Balaban J connectivity index is 1.51. The Labute approximate surface area is 184 Å². The number of hydrogen-bond acceptors (Lipinski definition) is 4. The molecule has 0 aromatic heterocycles. The second kappa shape index (κ2) is 10.9. The van der Waals surface area contributed by atoms with Crippen molar-refractivity contribution in [3.8, 4) is 0 Å². The molecule has 2 aromatic carbocycles. The second-order valence-electron chi connectivity index (χ2n) is 8.31. The zero-order chi connectivity index (χ0) is 21.5. The highest BCUT2D eigenvalue weighted by atomic mass is 35.5. The van der Waals surface area contributed by atoms with Crippen molar-refractivity contribution in [3.63, 3.8) is 0 Å². The molecule has 3 N–H and O–H groups in total. The van der Waals surface area contributed by atoms with Gasteiger partial charge in [0.1, 0.15) is 0 Å². The molecule has 1 aliphatic heterocycles. The number of carbonyl (C=O) groups excluding carboxylic acids is 1. The Bertz CT molecular complexity index is 790. The molecule has 0 spiro atoms. The Morgan fingerprint density at radius 2 is 1.73 bits per heavy atom. The average Bonchev–Trinajstić information content (AvgIpc) is 2.77. The lowest BCUT2D eigenvalue weighted by atomic mass is 9.89. The van der Waals surface area contributed by atoms with Crippen molar-refractivity contribution in [3.05, 3.63) is 70.7 Å². The number of benzene rings is 2. The summed E-state index contributed by atoms with van der Waals surface area (Å²) in [6.45, 7) is 5.98. The van der Waals surface area contributed by atoms with Crippen molar-refractivity contribution < 1.29 is 9.90 Å². The number of nitrogens with zero attached hydrogens (tertiary/aromatic N) is 1. The zero-order valence-corrected chi connectivity index (χ0v) is 18.5. The van der Waals surface area contributed by atoms with E-state index in [-0.39, 0.29) is 11.8 Å². The quantitative estimate of drug-likeness (QED) is 0.559. The van der Waals surface area contributed by atoms with Gasteiger partial charge in [-0.1, -0.05) is 67.9 Å². The van der Waals surface area contributed by atoms with Crippen LogP contribution < -0.4 is 10.6 Å². The third-order valence-electron chi connectivity index (χ3n) is 5.76. The summed E-state index contributed by atoms with van der Waals surface area (Å²) >= 11 is 5.99. The van der Waals surface area contributed by atoms with E-state index in [0.717, 1.165) is 36.5 Å². The number of likely N-dealkylation sites (tertiary alicyclic amines) is 1. The smallest absolute Gasteiger partial charge is 0.240 e. The highest BCUT2D eigenvalue weighted by Gasteiger charge is 2.31. The van der Waals surface area contributed by atoms with Gasteiger partial charge in [0.05, 0.1) is 6.04 Å². The van der Waals surface area contributed by atoms with Crippen LogP contribution in [0.5, 0.6) is 0 Å². The Morgan fingerprint density at radius 1 is 1.10 bits per heavy atom. The van der Waals surface area contributed by atoms with Crippen LogP contribution in [0.25, 0.3) is 0 Å². The molecule has 2 atom stereocenters. The third-order valence-corrected chi connectivity index (χ3v) is 6.01. The molecule has 1 heterocycles. The molecule has 1 saturated heterocycles. The third kappa shape index (κ3) is 6.29. The van der Waals surface area contributed by atoms with Crippen LogP contribution in [0.2, 0.25) is 5.02 Å². The molecular weight excluding hydrogens is 398 g/mol. The van der Waals surface area contributed by atoms with E-state index in [9.17, 15) is 9.90 Å². The van der Waals surface area contributed by atoms with Crippen molar-refractivity contribution in [2.75, 3.05) is 13.1 Å². The maximum Gasteiger partial charge on any atom is 0.240 e. The maximum absolute atomic E-state index is 13.1. The van der Waals surface area contributed by atoms with Gasteiger partial charge in [0, 0.05) is 24.7 Å². The van der Waals surface area contributed by atoms with Gasteiger partial charge >= 0.3 is 0 Å². The first-order chi connectivity index (χ1) is 14.4. The summed E-state index contributed by atoms with van der Waals surface area (Å²) in [6, 6.07) is 17.5. The lowest BCUT2D eigenvalue weighted by Crippen LogP contribution is -2.56. The number of nitrogens with one attached hydrogen (secondary N) is 2. The van der Waals surface area contributed by atoms with E-state index in [1.165, 1.54) is 5.56 Å². The normalized spacial score (nSPS) is 17.2. The van der Waals surface area contributed by atoms with E-state index in [2.05, 4.69) is 22.8 Å². The van der Waals surface area contributed by atoms with Crippen LogP contribution in [0, 0.1) is 5.92 Å². The van der Waals surface area contributed by atoms with Crippen LogP contribution in [0.3, 0.4) is 0 Å². The van der Waals surface area contributed by atoms with Crippen molar-refractivity contribution in [1.82, 2.24) is 15.5 Å². The predicted molar refractivity (Wildman–Crippen MR) is 121 cm³/mol. The molecule has 5 nitrogen and oxygen atoms in total. The molecule has 3 rings (SSSR count). The average molecular weight is 430 g/mol. The van der Waals surface area contributed by atoms with Gasteiger partial charge in [0.25, 0.3) is 0 Å². The van der Waals surface area contributed by atoms with Gasteiger partial charge in [-0.2, -0.15) is 0 Å². The van der Waals surface area contributed by atoms with Gasteiger partial charge in [-0.15, -0.1) is 0 Å². The largest absolute Gasteiger partial charge is 0.365 e. The number of aliphatic hydroxyl groups is 1. The standard InChI is InChI=1S/C24H32ClN3O2/c1-17(2)22(27-24(30)26-16-18-6-4-3-5-7-18)23(29)28-14-12-20(13-15-28)19-8-10-21(25)11-9-19/h3-11,17,20,22,24,26-27,30H,12-16H2,1-2H3/t22-,24-/m1/s1. The van der Waals surface area contributed by atoms with Crippen LogP contribution in [0.15, 0.2) is 54.6 Å². The predicted octanol–water partition coefficient (Wildman–Crippen LogP) is 3.73. The molecule has 0 bridgehead atoms. The summed E-state index contributed by atoms with van der Waals surface area (Å²) in [7, 11) is 0. The summed E-state index contributed by atoms with van der Waals surface area (Å²) < 4.78 is 0. The fourth-order valence-corrected chi connectivity index (χ4v) is 4.08. The molecule has 2 aromatic rings. The Morgan fingerprint density at radius 3 is 2.33 bits per heavy atom. The summed E-state index contributed by atoms with van der Waals surface area (Å²) in [4.78, 5) is 15.1. The highest BCUT2D eigenvalue weighted by molar-refractivity contribution is 6.30. The first-order valence-corrected chi connectivity index (χ1v) is 11.1. The van der Waals surface area contributed by atoms with Crippen molar-refractivity contribution in [2.24, 2.45) is 5.92 Å². The molecule has 0 aliphatic carbocycles. The van der Waals surface area contributed by atoms with Crippen molar-refractivity contribution in [1.29, 1.82) is 0 Å². The fraction of sp³-hybridized carbons (Fsp3) is 0.458. The first kappa shape index (κ1) is 22.8. The van der Waals surface area contributed by atoms with Gasteiger partial charge in [0.2, 0.25) is 5.91 Å². The van der Waals surface area contributed by atoms with Gasteiger partial charge in [-0.05, 0) is 47.9 Å². The lowest BCUT2D eigenvalue weighted by molar-refractivity contribution is -0.137. The maximum atomic E-state index is 13.1. The number of rotatable bonds is 8. The topological polar surface area (TPSA) is 64.6 Å². The van der Waals surface area contributed by atoms with E-state index in [4.69, 9.17) is 11.6 Å². The molecular formula is C24H32ClN3O2. The summed E-state index contributed by atoms with van der Waals surface area (Å²) in [5.74, 6) is 0.578. The minimum atomic E-state index is -0.951. The highest BCUT2D eigenvalue weighted by Crippen LogP contribution is 2.29. The summed E-state index contributed by atoms with van der Waals surface area (Å²) in [5, 5.41) is 17.2. The SMILES string of the molecule is CC(C)[C@@H](N[C@H](O)NCc1ccccc1)C(=O)N1CCC(c2ccc(Cl)cc2)CC1. The Hall–Kier alpha value is -1.92. The van der Waals surface area contributed by atoms with Crippen LogP contribution in [-0.4, -0.2) is 41.4 Å². The molecule has 1 fully saturated rings. The number of amides is 1. The van der Waals surface area contributed by atoms with Gasteiger partial charge in [-0.3, -0.25) is 15.4 Å². The molecule has 6 heteroatoms. The molecule has 0 unspecified atom stereocenters. The van der Waals surface area contributed by atoms with Crippen LogP contribution in [-0.2, 0) is 11.3 Å². The molecule has 0 saturated carbocycles. The van der Waals surface area contributed by atoms with Crippen LogP contribution in [0.1, 0.15) is 43.7 Å². The van der Waals surface area contributed by atoms with E-state index < -0.39 is 12.4 Å². The van der Waals surface area contributed by atoms with Crippen molar-refractivity contribution in [2.45, 2.75) is 51.5 Å². The minimum absolute atomic E-state index is 0.0557. The van der Waals surface area contributed by atoms with Crippen molar-refractivity contribution >= 4 is 17.5 Å². The molecule has 1 amide bonds. The monoisotopic (exact) mass is 429 g/mol. The van der Waals surface area contributed by atoms with Crippen LogP contribution >= 0.6 is 11.6 Å². The molecule has 1 aliphatic rings. The first-order valence-electron chi connectivity index (χ1n) is 10.7. The van der Waals surface area contributed by atoms with Crippen LogP contribution in [0.4, 0.5) is 0 Å². The summed E-state index contributed by atoms with van der Waals surface area (Å²) in [5.41, 5.74) is 2.36. The van der Waals surface area contributed by atoms with E-state index in [1.54, 1.807) is 0 Å². The minimum Gasteiger partial charge on any atom is -0.365 e. The number of piperidine rings is 1. The van der Waals surface area contributed by atoms with E-state index in [0.29, 0.717) is 12.5 Å². The van der Waals surface area contributed by atoms with E-state index >= 15 is 0 Å². The van der Waals surface area contributed by atoms with Gasteiger partial charge < -0.3 is 10.0 Å².